The molecule has 2 aromatic carbocycles. The molecule has 184 valence electrons. The normalized spacial score (nSPS) is 22.4. The number of anilines is 1. The minimum Gasteiger partial charge on any atom is -0.489 e. The summed E-state index contributed by atoms with van der Waals surface area (Å²) in [5.74, 6) is 1.13. The Morgan fingerprint density at radius 1 is 1.17 bits per heavy atom. The Kier molecular flexibility index (Phi) is 7.09. The average Bonchev–Trinajstić information content (AvgIpc) is 2.85. The van der Waals surface area contributed by atoms with E-state index in [1.165, 1.54) is 5.57 Å². The van der Waals surface area contributed by atoms with Crippen LogP contribution < -0.4 is 15.0 Å². The Hall–Kier alpha value is -2.68. The van der Waals surface area contributed by atoms with E-state index in [1.54, 1.807) is 18.2 Å². The van der Waals surface area contributed by atoms with Crippen molar-refractivity contribution in [2.45, 2.75) is 46.3 Å². The van der Waals surface area contributed by atoms with Crippen LogP contribution in [0.25, 0.3) is 4.85 Å². The smallest absolute Gasteiger partial charge is 0.251 e. The molecule has 1 amide bonds. The van der Waals surface area contributed by atoms with Crippen molar-refractivity contribution in [3.05, 3.63) is 76.1 Å². The second-order valence-corrected chi connectivity index (χ2v) is 11.2. The Morgan fingerprint density at radius 3 is 2.40 bits per heavy atom. The summed E-state index contributed by atoms with van der Waals surface area (Å²) >= 11 is 12.1. The fraction of sp³-hybridized carbons (Fsp3) is 0.429. The molecule has 0 aromatic heterocycles. The molecular weight excluding hydrogens is 481 g/mol. The molecule has 4 rings (SSSR count). The zero-order valence-electron chi connectivity index (χ0n) is 20.6. The summed E-state index contributed by atoms with van der Waals surface area (Å²) in [5, 5.41) is 3.62. The van der Waals surface area contributed by atoms with Crippen molar-refractivity contribution < 1.29 is 9.53 Å². The Morgan fingerprint density at radius 2 is 1.86 bits per heavy atom. The Labute approximate surface area is 217 Å². The molecule has 0 saturated heterocycles. The molecule has 1 heterocycles. The van der Waals surface area contributed by atoms with Gasteiger partial charge in [0.2, 0.25) is 5.69 Å². The van der Waals surface area contributed by atoms with Gasteiger partial charge in [0.05, 0.1) is 11.6 Å². The molecule has 0 radical (unpaired) electrons. The third kappa shape index (κ3) is 4.87. The number of hydrogen-bond acceptors (Lipinski definition) is 3. The van der Waals surface area contributed by atoms with E-state index in [4.69, 9.17) is 34.5 Å². The highest BCUT2D eigenvalue weighted by Gasteiger charge is 2.64. The maximum absolute atomic E-state index is 13.1. The lowest BCUT2D eigenvalue weighted by atomic mass is 9.49. The molecule has 1 N–H and O–H groups in total. The van der Waals surface area contributed by atoms with Crippen molar-refractivity contribution in [1.29, 1.82) is 0 Å². The van der Waals surface area contributed by atoms with Gasteiger partial charge in [-0.3, -0.25) is 4.79 Å². The molecule has 1 aliphatic carbocycles. The quantitative estimate of drug-likeness (QED) is 0.261. The molecule has 2 aromatic rings. The van der Waals surface area contributed by atoms with Crippen LogP contribution in [0.2, 0.25) is 5.02 Å². The molecule has 0 atom stereocenters. The summed E-state index contributed by atoms with van der Waals surface area (Å²) in [6.45, 7) is 17.3. The van der Waals surface area contributed by atoms with Crippen LogP contribution >= 0.6 is 23.2 Å². The van der Waals surface area contributed by atoms with Crippen LogP contribution in [0.15, 0.2) is 54.1 Å². The number of alkyl halides is 1. The fourth-order valence-electron chi connectivity index (χ4n) is 5.69. The zero-order valence-corrected chi connectivity index (χ0v) is 22.1. The van der Waals surface area contributed by atoms with Crippen molar-refractivity contribution in [2.24, 2.45) is 10.8 Å². The summed E-state index contributed by atoms with van der Waals surface area (Å²) in [6, 6.07) is 12.8. The summed E-state index contributed by atoms with van der Waals surface area (Å²) in [6.07, 6.45) is 3.02. The number of nitrogens with one attached hydrogen (secondary N) is 1. The van der Waals surface area contributed by atoms with E-state index < -0.39 is 0 Å². The molecule has 7 heteroatoms. The van der Waals surface area contributed by atoms with E-state index in [9.17, 15) is 4.79 Å². The van der Waals surface area contributed by atoms with Gasteiger partial charge in [0.15, 0.2) is 0 Å². The Balaban J connectivity index is 1.42. The molecule has 35 heavy (non-hydrogen) atoms. The topological polar surface area (TPSA) is 45.9 Å². The predicted molar refractivity (Wildman–Crippen MR) is 143 cm³/mol. The molecule has 5 nitrogen and oxygen atoms in total. The van der Waals surface area contributed by atoms with Crippen LogP contribution in [0.1, 0.15) is 44.5 Å². The molecule has 0 spiro atoms. The van der Waals surface area contributed by atoms with Crippen LogP contribution in [-0.2, 0) is 0 Å². The van der Waals surface area contributed by atoms with Crippen LogP contribution in [0.3, 0.4) is 0 Å². The van der Waals surface area contributed by atoms with Gasteiger partial charge in [-0.2, -0.15) is 0 Å². The largest absolute Gasteiger partial charge is 0.489 e. The highest BCUT2D eigenvalue weighted by Crippen LogP contribution is 2.55. The lowest BCUT2D eigenvalue weighted by Crippen LogP contribution is -2.74. The summed E-state index contributed by atoms with van der Waals surface area (Å²) < 4.78 is 6.32. The van der Waals surface area contributed by atoms with Crippen molar-refractivity contribution in [3.63, 3.8) is 0 Å². The van der Waals surface area contributed by atoms with Gasteiger partial charge in [-0.05, 0) is 42.8 Å². The number of nitrogens with zero attached hydrogens (tertiary/aromatic N) is 2. The van der Waals surface area contributed by atoms with Gasteiger partial charge in [-0.25, -0.2) is 4.85 Å². The highest BCUT2D eigenvalue weighted by molar-refractivity contribution is 6.33. The summed E-state index contributed by atoms with van der Waals surface area (Å²) in [4.78, 5) is 18.8. The molecule has 1 saturated carbocycles. The van der Waals surface area contributed by atoms with Crippen LogP contribution in [0, 0.1) is 17.4 Å². The van der Waals surface area contributed by atoms with Gasteiger partial charge in [0, 0.05) is 47.1 Å². The first-order chi connectivity index (χ1) is 16.6. The molecule has 2 aliphatic rings. The van der Waals surface area contributed by atoms with E-state index in [0.29, 0.717) is 27.9 Å². The fourth-order valence-corrected chi connectivity index (χ4v) is 6.15. The second-order valence-electron chi connectivity index (χ2n) is 10.5. The summed E-state index contributed by atoms with van der Waals surface area (Å²) in [5.41, 5.74) is 2.83. The van der Waals surface area contributed by atoms with E-state index in [0.717, 1.165) is 25.2 Å². The van der Waals surface area contributed by atoms with Gasteiger partial charge >= 0.3 is 0 Å². The number of benzene rings is 2. The van der Waals surface area contributed by atoms with Gasteiger partial charge in [-0.1, -0.05) is 57.0 Å². The minimum absolute atomic E-state index is 0.0774. The van der Waals surface area contributed by atoms with Crippen molar-refractivity contribution in [1.82, 2.24) is 5.32 Å². The van der Waals surface area contributed by atoms with E-state index in [2.05, 4.69) is 48.8 Å². The van der Waals surface area contributed by atoms with E-state index >= 15 is 0 Å². The zero-order chi connectivity index (χ0) is 25.4. The Bertz CT molecular complexity index is 1170. The van der Waals surface area contributed by atoms with Crippen molar-refractivity contribution >= 4 is 40.5 Å². The van der Waals surface area contributed by atoms with Gasteiger partial charge in [0.1, 0.15) is 11.9 Å². The molecular formula is C28H31Cl2N3O2. The van der Waals surface area contributed by atoms with Crippen LogP contribution in [0.4, 0.5) is 11.4 Å². The van der Waals surface area contributed by atoms with Crippen molar-refractivity contribution in [2.75, 3.05) is 23.9 Å². The number of rotatable bonds is 6. The third-order valence-corrected chi connectivity index (χ3v) is 8.02. The number of carbonyl (C=O) groups excluding carboxylic acids is 1. The standard InChI is InChI=1S/C28H31Cl2N3O2/c1-27(2)25(28(3,4)26(27)35-21-10-11-23(31-5)22(30)16-21)32-24(34)19-6-8-20(9-7-19)33-14-12-18(17-29)13-15-33/h6-12,16,25-26H,13-15,17H2,1-4H3,(H,32,34). The van der Waals surface area contributed by atoms with Crippen LogP contribution in [-0.4, -0.2) is 37.0 Å². The number of carbonyl (C=O) groups is 1. The average molecular weight is 512 g/mol. The van der Waals surface area contributed by atoms with Gasteiger partial charge < -0.3 is 15.0 Å². The lowest BCUT2D eigenvalue weighted by Gasteiger charge is -2.63. The number of halogens is 2. The van der Waals surface area contributed by atoms with E-state index in [1.807, 2.05) is 24.3 Å². The number of ether oxygens (including phenoxy) is 1. The van der Waals surface area contributed by atoms with Crippen LogP contribution in [0.5, 0.6) is 5.75 Å². The first kappa shape index (κ1) is 25.4. The molecule has 1 aliphatic heterocycles. The molecule has 1 fully saturated rings. The molecule has 0 unspecified atom stereocenters. The van der Waals surface area contributed by atoms with Gasteiger partial charge in [-0.15, -0.1) is 11.6 Å². The highest BCUT2D eigenvalue weighted by atomic mass is 35.5. The maximum atomic E-state index is 13.1. The first-order valence-electron chi connectivity index (χ1n) is 11.8. The SMILES string of the molecule is [C-]#[N+]c1ccc(OC2C(C)(C)C(NC(=O)c3ccc(N4CC=C(CCl)CC4)cc3)C2(C)C)cc1Cl. The number of amides is 1. The lowest BCUT2D eigenvalue weighted by molar-refractivity contribution is -0.164. The monoisotopic (exact) mass is 511 g/mol. The second kappa shape index (κ2) is 9.76. The molecule has 0 bridgehead atoms. The maximum Gasteiger partial charge on any atom is 0.251 e. The third-order valence-electron chi connectivity index (χ3n) is 7.38. The number of hydrogen-bond donors (Lipinski definition) is 1. The van der Waals surface area contributed by atoms with E-state index in [-0.39, 0.29) is 28.9 Å². The van der Waals surface area contributed by atoms with Crippen molar-refractivity contribution in [3.8, 4) is 5.75 Å². The first-order valence-corrected chi connectivity index (χ1v) is 12.7. The predicted octanol–water partition coefficient (Wildman–Crippen LogP) is 6.88. The summed E-state index contributed by atoms with van der Waals surface area (Å²) in [7, 11) is 0. The van der Waals surface area contributed by atoms with Gasteiger partial charge in [0.25, 0.3) is 5.91 Å². The minimum atomic E-state index is -0.301.